The van der Waals surface area contributed by atoms with E-state index in [1.54, 1.807) is 13.4 Å². The van der Waals surface area contributed by atoms with Crippen LogP contribution in [0.3, 0.4) is 0 Å². The molecule has 1 saturated heterocycles. The van der Waals surface area contributed by atoms with Crippen LogP contribution in [-0.2, 0) is 11.2 Å². The van der Waals surface area contributed by atoms with Crippen LogP contribution in [0.5, 0.6) is 0 Å². The summed E-state index contributed by atoms with van der Waals surface area (Å²) in [5, 5.41) is 3.20. The van der Waals surface area contributed by atoms with Crippen molar-refractivity contribution in [2.24, 2.45) is 5.92 Å². The molecule has 0 radical (unpaired) electrons. The van der Waals surface area contributed by atoms with Gasteiger partial charge in [-0.25, -0.2) is 19.9 Å². The third-order valence-corrected chi connectivity index (χ3v) is 4.76. The lowest BCUT2D eigenvalue weighted by Crippen LogP contribution is -2.36. The molecule has 3 heterocycles. The minimum Gasteiger partial charge on any atom is -0.383 e. The zero-order valence-electron chi connectivity index (χ0n) is 15.9. The number of hydrogen-bond donors (Lipinski definition) is 1. The normalized spacial score (nSPS) is 16.0. The molecule has 1 fully saturated rings. The van der Waals surface area contributed by atoms with E-state index >= 15 is 0 Å². The molecule has 1 aliphatic heterocycles. The highest BCUT2D eigenvalue weighted by atomic mass is 16.5. The van der Waals surface area contributed by atoms with Gasteiger partial charge in [-0.05, 0) is 58.2 Å². The van der Waals surface area contributed by atoms with Gasteiger partial charge in [0.05, 0.1) is 6.61 Å². The van der Waals surface area contributed by atoms with Crippen LogP contribution < -0.4 is 5.32 Å². The first kappa shape index (κ1) is 18.7. The minimum atomic E-state index is 0.582. The van der Waals surface area contributed by atoms with E-state index in [1.165, 1.54) is 12.8 Å². The van der Waals surface area contributed by atoms with E-state index in [4.69, 9.17) is 4.74 Å². The molecule has 7 nitrogen and oxygen atoms in total. The molecule has 0 amide bonds. The Kier molecular flexibility index (Phi) is 6.46. The highest BCUT2D eigenvalue weighted by molar-refractivity contribution is 5.48. The predicted molar refractivity (Wildman–Crippen MR) is 102 cm³/mol. The maximum Gasteiger partial charge on any atom is 0.228 e. The quantitative estimate of drug-likeness (QED) is 0.817. The average Bonchev–Trinajstić information content (AvgIpc) is 2.60. The van der Waals surface area contributed by atoms with E-state index in [0.29, 0.717) is 11.9 Å². The van der Waals surface area contributed by atoms with Gasteiger partial charge in [0.25, 0.3) is 0 Å². The molecule has 2 aromatic heterocycles. The molecular formula is C19H28N6O. The third kappa shape index (κ3) is 5.44. The standard InChI is InChI=1S/C19H28N6O/c1-14-10-15(2)23-19(22-14)24-18-12-17(20-13-21-18)11-16-4-6-25(7-5-16)8-9-26-3/h10,12-13,16H,4-9,11H2,1-3H3,(H,20,21,22,23,24). The lowest BCUT2D eigenvalue weighted by molar-refractivity contribution is 0.120. The van der Waals surface area contributed by atoms with E-state index < -0.39 is 0 Å². The molecule has 0 atom stereocenters. The molecule has 0 spiro atoms. The van der Waals surface area contributed by atoms with Gasteiger partial charge in [-0.2, -0.15) is 0 Å². The monoisotopic (exact) mass is 356 g/mol. The number of rotatable bonds is 7. The first-order chi connectivity index (χ1) is 12.6. The van der Waals surface area contributed by atoms with Crippen molar-refractivity contribution in [3.05, 3.63) is 35.5 Å². The third-order valence-electron chi connectivity index (χ3n) is 4.76. The SMILES string of the molecule is COCCN1CCC(Cc2cc(Nc3nc(C)cc(C)n3)ncn2)CC1. The highest BCUT2D eigenvalue weighted by Crippen LogP contribution is 2.22. The highest BCUT2D eigenvalue weighted by Gasteiger charge is 2.19. The van der Waals surface area contributed by atoms with Gasteiger partial charge >= 0.3 is 0 Å². The Balaban J connectivity index is 1.56. The number of piperidine rings is 1. The molecule has 140 valence electrons. The first-order valence-electron chi connectivity index (χ1n) is 9.24. The average molecular weight is 356 g/mol. The fraction of sp³-hybridized carbons (Fsp3) is 0.579. The summed E-state index contributed by atoms with van der Waals surface area (Å²) in [5.74, 6) is 2.00. The van der Waals surface area contributed by atoms with Crippen LogP contribution in [0.15, 0.2) is 18.5 Å². The van der Waals surface area contributed by atoms with Gasteiger partial charge < -0.3 is 15.0 Å². The van der Waals surface area contributed by atoms with E-state index in [1.807, 2.05) is 26.0 Å². The molecule has 0 saturated carbocycles. The molecule has 1 N–H and O–H groups in total. The van der Waals surface area contributed by atoms with Crippen molar-refractivity contribution in [1.29, 1.82) is 0 Å². The number of nitrogens with zero attached hydrogens (tertiary/aromatic N) is 5. The van der Waals surface area contributed by atoms with Gasteiger partial charge in [-0.1, -0.05) is 0 Å². The molecule has 2 aromatic rings. The number of methoxy groups -OCH3 is 1. The smallest absolute Gasteiger partial charge is 0.228 e. The summed E-state index contributed by atoms with van der Waals surface area (Å²) in [4.78, 5) is 20.1. The molecule has 0 bridgehead atoms. The summed E-state index contributed by atoms with van der Waals surface area (Å²) in [6.45, 7) is 8.04. The number of anilines is 2. The van der Waals surface area contributed by atoms with Gasteiger partial charge in [0.1, 0.15) is 12.1 Å². The van der Waals surface area contributed by atoms with E-state index in [0.717, 1.165) is 55.6 Å². The zero-order chi connectivity index (χ0) is 18.4. The minimum absolute atomic E-state index is 0.582. The summed E-state index contributed by atoms with van der Waals surface area (Å²) in [6, 6.07) is 3.97. The zero-order valence-corrected chi connectivity index (χ0v) is 15.9. The summed E-state index contributed by atoms with van der Waals surface area (Å²) in [6.07, 6.45) is 5.02. The van der Waals surface area contributed by atoms with Crippen molar-refractivity contribution in [1.82, 2.24) is 24.8 Å². The van der Waals surface area contributed by atoms with E-state index in [-0.39, 0.29) is 0 Å². The molecule has 0 unspecified atom stereocenters. The maximum absolute atomic E-state index is 5.17. The summed E-state index contributed by atoms with van der Waals surface area (Å²) >= 11 is 0. The first-order valence-corrected chi connectivity index (χ1v) is 9.24. The van der Waals surface area contributed by atoms with Gasteiger partial charge in [0.2, 0.25) is 5.95 Å². The van der Waals surface area contributed by atoms with Crippen molar-refractivity contribution >= 4 is 11.8 Å². The molecule has 0 aliphatic carbocycles. The summed E-state index contributed by atoms with van der Waals surface area (Å²) in [5.41, 5.74) is 2.95. The molecular weight excluding hydrogens is 328 g/mol. The van der Waals surface area contributed by atoms with Crippen molar-refractivity contribution in [2.45, 2.75) is 33.1 Å². The van der Waals surface area contributed by atoms with Crippen LogP contribution in [0.1, 0.15) is 29.9 Å². The number of likely N-dealkylation sites (tertiary alicyclic amines) is 1. The van der Waals surface area contributed by atoms with Gasteiger partial charge in [-0.3, -0.25) is 0 Å². The fourth-order valence-corrected chi connectivity index (χ4v) is 3.40. The number of ether oxygens (including phenoxy) is 1. The van der Waals surface area contributed by atoms with Crippen LogP contribution >= 0.6 is 0 Å². The van der Waals surface area contributed by atoms with Crippen molar-refractivity contribution in [2.75, 3.05) is 38.7 Å². The van der Waals surface area contributed by atoms with Gasteiger partial charge in [-0.15, -0.1) is 0 Å². The number of aromatic nitrogens is 4. The second-order valence-corrected chi connectivity index (χ2v) is 6.98. The van der Waals surface area contributed by atoms with Crippen molar-refractivity contribution in [3.8, 4) is 0 Å². The predicted octanol–water partition coefficient (Wildman–Crippen LogP) is 2.53. The Bertz CT molecular complexity index is 695. The summed E-state index contributed by atoms with van der Waals surface area (Å²) in [7, 11) is 1.76. The van der Waals surface area contributed by atoms with Crippen molar-refractivity contribution in [3.63, 3.8) is 0 Å². The molecule has 0 aromatic carbocycles. The molecule has 7 heteroatoms. The number of nitrogens with one attached hydrogen (secondary N) is 1. The Labute approximate surface area is 155 Å². The topological polar surface area (TPSA) is 76.1 Å². The van der Waals surface area contributed by atoms with E-state index in [2.05, 4.69) is 30.2 Å². The van der Waals surface area contributed by atoms with Crippen LogP contribution in [0.4, 0.5) is 11.8 Å². The Morgan fingerprint density at radius 1 is 1.12 bits per heavy atom. The van der Waals surface area contributed by atoms with E-state index in [9.17, 15) is 0 Å². The number of aryl methyl sites for hydroxylation is 2. The molecule has 1 aliphatic rings. The van der Waals surface area contributed by atoms with Gasteiger partial charge in [0.15, 0.2) is 0 Å². The fourth-order valence-electron chi connectivity index (χ4n) is 3.40. The Hall–Kier alpha value is -2.12. The molecule has 3 rings (SSSR count). The van der Waals surface area contributed by atoms with Crippen LogP contribution in [-0.4, -0.2) is 58.2 Å². The second kappa shape index (κ2) is 9.00. The lowest BCUT2D eigenvalue weighted by atomic mass is 9.92. The van der Waals surface area contributed by atoms with Gasteiger partial charge in [0, 0.05) is 36.8 Å². The molecule has 26 heavy (non-hydrogen) atoms. The van der Waals surface area contributed by atoms with Crippen LogP contribution in [0.25, 0.3) is 0 Å². The maximum atomic E-state index is 5.17. The lowest BCUT2D eigenvalue weighted by Gasteiger charge is -2.31. The Morgan fingerprint density at radius 2 is 1.85 bits per heavy atom. The van der Waals surface area contributed by atoms with Crippen molar-refractivity contribution < 1.29 is 4.74 Å². The number of hydrogen-bond acceptors (Lipinski definition) is 7. The van der Waals surface area contributed by atoms with Crippen LogP contribution in [0.2, 0.25) is 0 Å². The summed E-state index contributed by atoms with van der Waals surface area (Å²) < 4.78 is 5.17. The second-order valence-electron chi connectivity index (χ2n) is 6.98. The largest absolute Gasteiger partial charge is 0.383 e. The Morgan fingerprint density at radius 3 is 2.54 bits per heavy atom. The van der Waals surface area contributed by atoms with Crippen LogP contribution in [0, 0.1) is 19.8 Å².